The van der Waals surface area contributed by atoms with Crippen LogP contribution in [0.3, 0.4) is 0 Å². The molecule has 2 aromatic heterocycles. The van der Waals surface area contributed by atoms with E-state index in [1.165, 1.54) is 71.0 Å². The van der Waals surface area contributed by atoms with Crippen LogP contribution < -0.4 is 4.74 Å². The highest BCUT2D eigenvalue weighted by molar-refractivity contribution is 6.25. The van der Waals surface area contributed by atoms with Gasteiger partial charge in [0.1, 0.15) is 11.5 Å². The van der Waals surface area contributed by atoms with E-state index in [-0.39, 0.29) is 0 Å². The molecule has 59 heavy (non-hydrogen) atoms. The number of para-hydroxylation sites is 2. The summed E-state index contributed by atoms with van der Waals surface area (Å²) in [6.07, 6.45) is 0. The summed E-state index contributed by atoms with van der Waals surface area (Å²) in [5.74, 6) is 1.73. The number of hydrogen-bond acceptors (Lipinski definition) is 1. The zero-order valence-corrected chi connectivity index (χ0v) is 31.9. The van der Waals surface area contributed by atoms with E-state index >= 15 is 0 Å². The first-order valence-corrected chi connectivity index (χ1v) is 20.2. The monoisotopic (exact) mass is 750 g/mol. The maximum Gasteiger partial charge on any atom is 0.138 e. The molecule has 0 amide bonds. The minimum absolute atomic E-state index is 0.857. The maximum atomic E-state index is 7.08. The van der Waals surface area contributed by atoms with Gasteiger partial charge in [0, 0.05) is 56.0 Å². The van der Waals surface area contributed by atoms with Crippen LogP contribution in [0.25, 0.3) is 110 Å². The van der Waals surface area contributed by atoms with Gasteiger partial charge in [-0.15, -0.1) is 0 Å². The van der Waals surface area contributed by atoms with Gasteiger partial charge >= 0.3 is 0 Å². The maximum absolute atomic E-state index is 7.08. The molecule has 12 aromatic rings. The molecule has 13 rings (SSSR count). The highest BCUT2D eigenvalue weighted by Crippen LogP contribution is 2.51. The first-order valence-electron chi connectivity index (χ1n) is 20.2. The molecular weight excluding hydrogens is 717 g/mol. The fourth-order valence-electron chi connectivity index (χ4n) is 9.82. The van der Waals surface area contributed by atoms with Crippen LogP contribution in [0.4, 0.5) is 0 Å². The van der Waals surface area contributed by atoms with E-state index in [1.54, 1.807) is 0 Å². The van der Waals surface area contributed by atoms with Crippen molar-refractivity contribution in [1.29, 1.82) is 0 Å². The van der Waals surface area contributed by atoms with Crippen molar-refractivity contribution in [1.82, 2.24) is 9.13 Å². The Bertz CT molecular complexity index is 3700. The molecule has 0 aliphatic carbocycles. The lowest BCUT2D eigenvalue weighted by Gasteiger charge is -2.23. The molecule has 274 valence electrons. The molecule has 0 radical (unpaired) electrons. The second-order valence-corrected chi connectivity index (χ2v) is 15.7. The third-order valence-corrected chi connectivity index (χ3v) is 12.5. The standard InChI is InChI=1S/C56H34N2O/c1-2-12-35(13-3-1)37-16-10-17-38(30-37)40-25-29-51-48(32-40)43-18-6-8-22-49(43)57(51)42-27-28-44-45-20-11-21-47-55-46-19-7-9-23-50(46)58(41-26-24-36-14-4-5-15-39(36)31-41)52(55)34-54(56(45)47)59-53(44)33-42/h1-34H. The third-order valence-electron chi connectivity index (χ3n) is 12.5. The van der Waals surface area contributed by atoms with E-state index in [9.17, 15) is 0 Å². The second-order valence-electron chi connectivity index (χ2n) is 15.7. The van der Waals surface area contributed by atoms with Gasteiger partial charge in [-0.05, 0) is 98.6 Å². The Kier molecular flexibility index (Phi) is 6.72. The Morgan fingerprint density at radius 3 is 1.80 bits per heavy atom. The lowest BCUT2D eigenvalue weighted by Crippen LogP contribution is -2.01. The van der Waals surface area contributed by atoms with Crippen LogP contribution in [0, 0.1) is 0 Å². The normalized spacial score (nSPS) is 12.2. The SMILES string of the molecule is c1ccc(-c2cccc(-c3ccc4c(c3)c3ccccc3n4-c3ccc4c(c3)Oc3cc5c(c6cccc-4c36)c3ccccc3n5-c3ccc4ccccc4c3)c2)cc1. The van der Waals surface area contributed by atoms with Crippen LogP contribution >= 0.6 is 0 Å². The predicted molar refractivity (Wildman–Crippen MR) is 247 cm³/mol. The summed E-state index contributed by atoms with van der Waals surface area (Å²) in [6, 6.07) is 74.9. The smallest absolute Gasteiger partial charge is 0.138 e. The number of rotatable bonds is 4. The number of nitrogens with zero attached hydrogens (tertiary/aromatic N) is 2. The molecule has 3 heteroatoms. The average molecular weight is 751 g/mol. The van der Waals surface area contributed by atoms with Crippen LogP contribution in [-0.4, -0.2) is 9.13 Å². The third kappa shape index (κ3) is 4.76. The molecule has 0 N–H and O–H groups in total. The van der Waals surface area contributed by atoms with E-state index in [1.807, 2.05) is 0 Å². The van der Waals surface area contributed by atoms with Crippen LogP contribution in [0.5, 0.6) is 11.5 Å². The summed E-state index contributed by atoms with van der Waals surface area (Å²) in [5.41, 5.74) is 14.0. The largest absolute Gasteiger partial charge is 0.456 e. The Labute approximate surface area is 340 Å². The van der Waals surface area contributed by atoms with E-state index in [4.69, 9.17) is 4.74 Å². The van der Waals surface area contributed by atoms with Crippen molar-refractivity contribution in [3.63, 3.8) is 0 Å². The molecule has 0 unspecified atom stereocenters. The van der Waals surface area contributed by atoms with Gasteiger partial charge in [-0.25, -0.2) is 0 Å². The highest BCUT2D eigenvalue weighted by atomic mass is 16.5. The van der Waals surface area contributed by atoms with E-state index in [0.29, 0.717) is 0 Å². The van der Waals surface area contributed by atoms with E-state index in [2.05, 4.69) is 215 Å². The molecule has 1 aliphatic rings. The molecule has 0 atom stereocenters. The predicted octanol–water partition coefficient (Wildman–Crippen LogP) is 15.3. The second kappa shape index (κ2) is 12.3. The van der Waals surface area contributed by atoms with Crippen LogP contribution in [0.1, 0.15) is 0 Å². The minimum atomic E-state index is 0.857. The van der Waals surface area contributed by atoms with Crippen molar-refractivity contribution >= 4 is 65.2 Å². The van der Waals surface area contributed by atoms with Gasteiger partial charge in [0.15, 0.2) is 0 Å². The molecule has 3 nitrogen and oxygen atoms in total. The van der Waals surface area contributed by atoms with Gasteiger partial charge in [0.05, 0.1) is 22.1 Å². The number of ether oxygens (including phenoxy) is 1. The van der Waals surface area contributed by atoms with Crippen LogP contribution in [-0.2, 0) is 0 Å². The molecule has 0 spiro atoms. The van der Waals surface area contributed by atoms with Crippen molar-refractivity contribution in [2.24, 2.45) is 0 Å². The lowest BCUT2D eigenvalue weighted by atomic mass is 9.92. The molecule has 1 aliphatic heterocycles. The average Bonchev–Trinajstić information content (AvgIpc) is 3.81. The van der Waals surface area contributed by atoms with E-state index in [0.717, 1.165) is 50.4 Å². The number of fused-ring (bicyclic) bond motifs is 10. The zero-order valence-electron chi connectivity index (χ0n) is 31.9. The van der Waals surface area contributed by atoms with Crippen molar-refractivity contribution in [2.75, 3.05) is 0 Å². The van der Waals surface area contributed by atoms with Crippen LogP contribution in [0.15, 0.2) is 206 Å². The summed E-state index contributed by atoms with van der Waals surface area (Å²) >= 11 is 0. The summed E-state index contributed by atoms with van der Waals surface area (Å²) in [7, 11) is 0. The van der Waals surface area contributed by atoms with Gasteiger partial charge in [0.2, 0.25) is 0 Å². The fourth-order valence-corrected chi connectivity index (χ4v) is 9.82. The van der Waals surface area contributed by atoms with Gasteiger partial charge in [0.25, 0.3) is 0 Å². The van der Waals surface area contributed by atoms with E-state index < -0.39 is 0 Å². The molecule has 10 aromatic carbocycles. The van der Waals surface area contributed by atoms with Gasteiger partial charge in [-0.3, -0.25) is 0 Å². The molecular formula is C56H34N2O. The Morgan fingerprint density at radius 2 is 0.915 bits per heavy atom. The van der Waals surface area contributed by atoms with Gasteiger partial charge in [-0.1, -0.05) is 140 Å². The van der Waals surface area contributed by atoms with Crippen molar-refractivity contribution in [3.05, 3.63) is 206 Å². The molecule has 0 bridgehead atoms. The number of benzene rings is 10. The van der Waals surface area contributed by atoms with Crippen molar-refractivity contribution < 1.29 is 4.74 Å². The lowest BCUT2D eigenvalue weighted by molar-refractivity contribution is 0.487. The van der Waals surface area contributed by atoms with Gasteiger partial charge in [-0.2, -0.15) is 0 Å². The molecule has 3 heterocycles. The highest BCUT2D eigenvalue weighted by Gasteiger charge is 2.26. The van der Waals surface area contributed by atoms with Crippen molar-refractivity contribution in [3.8, 4) is 56.3 Å². The summed E-state index contributed by atoms with van der Waals surface area (Å²) in [5, 5.41) is 9.73. The van der Waals surface area contributed by atoms with Gasteiger partial charge < -0.3 is 13.9 Å². The number of aromatic nitrogens is 2. The fraction of sp³-hybridized carbons (Fsp3) is 0. The molecule has 0 saturated carbocycles. The van der Waals surface area contributed by atoms with Crippen molar-refractivity contribution in [2.45, 2.75) is 0 Å². The summed E-state index contributed by atoms with van der Waals surface area (Å²) < 4.78 is 11.9. The Hall–Kier alpha value is -7.88. The van der Waals surface area contributed by atoms with Crippen LogP contribution in [0.2, 0.25) is 0 Å². The summed E-state index contributed by atoms with van der Waals surface area (Å²) in [4.78, 5) is 0. The first-order chi connectivity index (χ1) is 29.2. The topological polar surface area (TPSA) is 19.1 Å². The quantitative estimate of drug-likeness (QED) is 0.175. The first kappa shape index (κ1) is 32.2. The number of hydrogen-bond donors (Lipinski definition) is 0. The summed E-state index contributed by atoms with van der Waals surface area (Å²) in [6.45, 7) is 0. The molecule has 0 fully saturated rings. The molecule has 0 saturated heterocycles. The zero-order chi connectivity index (χ0) is 38.6. The Balaban J connectivity index is 0.976. The Morgan fingerprint density at radius 1 is 0.288 bits per heavy atom. The minimum Gasteiger partial charge on any atom is -0.456 e.